The van der Waals surface area contributed by atoms with Gasteiger partial charge in [-0.25, -0.2) is 4.39 Å². The van der Waals surface area contributed by atoms with Crippen LogP contribution in [0.2, 0.25) is 0 Å². The molecule has 6 heteroatoms. The van der Waals surface area contributed by atoms with Crippen LogP contribution in [0.25, 0.3) is 11.4 Å². The minimum Gasteiger partial charge on any atom is -0.383 e. The molecule has 1 unspecified atom stereocenters. The number of rotatable bonds is 5. The summed E-state index contributed by atoms with van der Waals surface area (Å²) in [4.78, 5) is 4.16. The Kier molecular flexibility index (Phi) is 4.01. The number of methoxy groups -OCH3 is 1. The van der Waals surface area contributed by atoms with Gasteiger partial charge in [0.2, 0.25) is 11.7 Å². The SMILES string of the molecule is COCC(N)Cc1nc(-c2cccc(F)c2)no1. The molecule has 1 aromatic heterocycles. The van der Waals surface area contributed by atoms with E-state index in [0.717, 1.165) is 0 Å². The van der Waals surface area contributed by atoms with Crippen LogP contribution in [0, 0.1) is 5.82 Å². The summed E-state index contributed by atoms with van der Waals surface area (Å²) in [7, 11) is 1.58. The van der Waals surface area contributed by atoms with Crippen LogP contribution in [-0.2, 0) is 11.2 Å². The van der Waals surface area contributed by atoms with Crippen molar-refractivity contribution in [1.29, 1.82) is 0 Å². The van der Waals surface area contributed by atoms with E-state index in [9.17, 15) is 4.39 Å². The van der Waals surface area contributed by atoms with Crippen molar-refractivity contribution < 1.29 is 13.7 Å². The van der Waals surface area contributed by atoms with E-state index in [2.05, 4.69) is 10.1 Å². The Bertz CT molecular complexity index is 516. The summed E-state index contributed by atoms with van der Waals surface area (Å²) in [5, 5.41) is 3.79. The Hall–Kier alpha value is -1.79. The quantitative estimate of drug-likeness (QED) is 0.869. The van der Waals surface area contributed by atoms with Crippen molar-refractivity contribution >= 4 is 0 Å². The number of benzene rings is 1. The maximum absolute atomic E-state index is 13.0. The molecule has 0 saturated heterocycles. The molecular weight excluding hydrogens is 237 g/mol. The second-order valence-corrected chi connectivity index (χ2v) is 3.94. The summed E-state index contributed by atoms with van der Waals surface area (Å²) < 4.78 is 23.0. The number of aromatic nitrogens is 2. The molecule has 0 aliphatic carbocycles. The van der Waals surface area contributed by atoms with E-state index < -0.39 is 0 Å². The second kappa shape index (κ2) is 5.70. The lowest BCUT2D eigenvalue weighted by atomic mass is 10.2. The molecule has 1 aromatic carbocycles. The van der Waals surface area contributed by atoms with Crippen LogP contribution in [0.5, 0.6) is 0 Å². The number of nitrogens with two attached hydrogens (primary N) is 1. The van der Waals surface area contributed by atoms with Gasteiger partial charge in [0.25, 0.3) is 0 Å². The van der Waals surface area contributed by atoms with Gasteiger partial charge in [0, 0.05) is 25.1 Å². The highest BCUT2D eigenvalue weighted by Crippen LogP contribution is 2.16. The molecule has 0 amide bonds. The van der Waals surface area contributed by atoms with Gasteiger partial charge in [0.1, 0.15) is 5.82 Å². The Morgan fingerprint density at radius 3 is 3.06 bits per heavy atom. The van der Waals surface area contributed by atoms with E-state index >= 15 is 0 Å². The molecule has 1 atom stereocenters. The van der Waals surface area contributed by atoms with E-state index in [1.807, 2.05) is 0 Å². The van der Waals surface area contributed by atoms with Gasteiger partial charge in [-0.3, -0.25) is 0 Å². The van der Waals surface area contributed by atoms with E-state index in [-0.39, 0.29) is 11.9 Å². The van der Waals surface area contributed by atoms with Crippen LogP contribution in [0.4, 0.5) is 4.39 Å². The van der Waals surface area contributed by atoms with Crippen molar-refractivity contribution in [2.75, 3.05) is 13.7 Å². The third-order valence-corrected chi connectivity index (χ3v) is 2.37. The number of nitrogens with zero attached hydrogens (tertiary/aromatic N) is 2. The van der Waals surface area contributed by atoms with Crippen LogP contribution in [0.1, 0.15) is 5.89 Å². The fraction of sp³-hybridized carbons (Fsp3) is 0.333. The van der Waals surface area contributed by atoms with Crippen LogP contribution >= 0.6 is 0 Å². The van der Waals surface area contributed by atoms with Crippen LogP contribution < -0.4 is 5.73 Å². The normalized spacial score (nSPS) is 12.6. The highest BCUT2D eigenvalue weighted by atomic mass is 19.1. The van der Waals surface area contributed by atoms with Crippen molar-refractivity contribution in [3.63, 3.8) is 0 Å². The zero-order valence-corrected chi connectivity index (χ0v) is 9.97. The number of hydrogen-bond acceptors (Lipinski definition) is 5. The zero-order chi connectivity index (χ0) is 13.0. The van der Waals surface area contributed by atoms with E-state index in [1.54, 1.807) is 19.2 Å². The molecule has 5 nitrogen and oxygen atoms in total. The van der Waals surface area contributed by atoms with Crippen molar-refractivity contribution in [3.05, 3.63) is 36.0 Å². The zero-order valence-electron chi connectivity index (χ0n) is 9.97. The smallest absolute Gasteiger partial charge is 0.228 e. The molecule has 2 N–H and O–H groups in total. The molecule has 0 spiro atoms. The molecule has 0 fully saturated rings. The fourth-order valence-corrected chi connectivity index (χ4v) is 1.58. The lowest BCUT2D eigenvalue weighted by Gasteiger charge is -2.05. The predicted molar refractivity (Wildman–Crippen MR) is 63.2 cm³/mol. The maximum Gasteiger partial charge on any atom is 0.228 e. The summed E-state index contributed by atoms with van der Waals surface area (Å²) >= 11 is 0. The third-order valence-electron chi connectivity index (χ3n) is 2.37. The second-order valence-electron chi connectivity index (χ2n) is 3.94. The van der Waals surface area contributed by atoms with E-state index in [1.165, 1.54) is 12.1 Å². The first kappa shape index (κ1) is 12.7. The predicted octanol–water partition coefficient (Wildman–Crippen LogP) is 1.39. The molecule has 96 valence electrons. The summed E-state index contributed by atoms with van der Waals surface area (Å²) in [5.74, 6) is 0.433. The first-order valence-electron chi connectivity index (χ1n) is 5.52. The minimum atomic E-state index is -0.338. The lowest BCUT2D eigenvalue weighted by Crippen LogP contribution is -2.28. The Morgan fingerprint density at radius 1 is 1.50 bits per heavy atom. The summed E-state index contributed by atoms with van der Waals surface area (Å²) in [6.07, 6.45) is 0.427. The first-order valence-corrected chi connectivity index (χ1v) is 5.52. The lowest BCUT2D eigenvalue weighted by molar-refractivity contribution is 0.176. The van der Waals surface area contributed by atoms with Crippen LogP contribution in [0.3, 0.4) is 0 Å². The van der Waals surface area contributed by atoms with Gasteiger partial charge < -0.3 is 15.0 Å². The highest BCUT2D eigenvalue weighted by Gasteiger charge is 2.12. The van der Waals surface area contributed by atoms with Gasteiger partial charge in [-0.2, -0.15) is 4.98 Å². The number of halogens is 1. The van der Waals surface area contributed by atoms with E-state index in [0.29, 0.717) is 30.3 Å². The number of hydrogen-bond donors (Lipinski definition) is 1. The van der Waals surface area contributed by atoms with Gasteiger partial charge in [-0.1, -0.05) is 17.3 Å². The van der Waals surface area contributed by atoms with Gasteiger partial charge in [0.05, 0.1) is 6.61 Å². The topological polar surface area (TPSA) is 74.2 Å². The molecule has 0 bridgehead atoms. The van der Waals surface area contributed by atoms with Crippen molar-refractivity contribution in [3.8, 4) is 11.4 Å². The summed E-state index contributed by atoms with van der Waals surface area (Å²) in [6, 6.07) is 5.82. The first-order chi connectivity index (χ1) is 8.69. The maximum atomic E-state index is 13.0. The average Bonchev–Trinajstić information content (AvgIpc) is 2.78. The van der Waals surface area contributed by atoms with E-state index in [4.69, 9.17) is 15.0 Å². The number of ether oxygens (including phenoxy) is 1. The minimum absolute atomic E-state index is 0.198. The summed E-state index contributed by atoms with van der Waals surface area (Å²) in [5.41, 5.74) is 6.35. The van der Waals surface area contributed by atoms with Gasteiger partial charge in [-0.05, 0) is 12.1 Å². The van der Waals surface area contributed by atoms with Gasteiger partial charge in [0.15, 0.2) is 0 Å². The molecule has 18 heavy (non-hydrogen) atoms. The highest BCUT2D eigenvalue weighted by molar-refractivity contribution is 5.53. The molecule has 0 aliphatic rings. The largest absolute Gasteiger partial charge is 0.383 e. The van der Waals surface area contributed by atoms with Crippen molar-refractivity contribution in [2.24, 2.45) is 5.73 Å². The molecule has 0 aliphatic heterocycles. The Morgan fingerprint density at radius 2 is 2.33 bits per heavy atom. The molecule has 0 radical (unpaired) electrons. The molecule has 2 rings (SSSR count). The monoisotopic (exact) mass is 251 g/mol. The summed E-state index contributed by atoms with van der Waals surface area (Å²) in [6.45, 7) is 0.414. The van der Waals surface area contributed by atoms with Gasteiger partial charge >= 0.3 is 0 Å². The average molecular weight is 251 g/mol. The molecule has 2 aromatic rings. The van der Waals surface area contributed by atoms with Crippen molar-refractivity contribution in [2.45, 2.75) is 12.5 Å². The Balaban J connectivity index is 2.10. The molecule has 1 heterocycles. The van der Waals surface area contributed by atoms with Crippen molar-refractivity contribution in [1.82, 2.24) is 10.1 Å². The Labute approximate surface area is 104 Å². The molecular formula is C12H14FN3O2. The standard InChI is InChI=1S/C12H14FN3O2/c1-17-7-10(14)6-11-15-12(16-18-11)8-3-2-4-9(13)5-8/h2-5,10H,6-7,14H2,1H3. The van der Waals surface area contributed by atoms with Gasteiger partial charge in [-0.15, -0.1) is 0 Å². The van der Waals surface area contributed by atoms with Crippen LogP contribution in [-0.4, -0.2) is 29.9 Å². The third kappa shape index (κ3) is 3.12. The van der Waals surface area contributed by atoms with Crippen LogP contribution in [0.15, 0.2) is 28.8 Å². The molecule has 0 saturated carbocycles. The fourth-order valence-electron chi connectivity index (χ4n) is 1.58.